The van der Waals surface area contributed by atoms with Crippen LogP contribution in [0, 0.1) is 0 Å². The SMILES string of the molecule is COc1ccc(O[C@@H]2O[C@@H](C)[C@H](O)[C@@H](O)[C@H]2O[C@@H]2O[C@@H](C)[C@H](O)[C@@H](O)[C@H]2O)cc1. The number of aliphatic hydroxyl groups is 5. The van der Waals surface area contributed by atoms with Crippen LogP contribution in [0.2, 0.25) is 0 Å². The number of rotatable bonds is 5. The van der Waals surface area contributed by atoms with E-state index in [1.807, 2.05) is 0 Å². The fraction of sp³-hybridized carbons (Fsp3) is 0.684. The summed E-state index contributed by atoms with van der Waals surface area (Å²) >= 11 is 0. The molecule has 3 rings (SSSR count). The Morgan fingerprint density at radius 2 is 1.21 bits per heavy atom. The third-order valence-corrected chi connectivity index (χ3v) is 5.20. The van der Waals surface area contributed by atoms with Crippen LogP contribution in [-0.2, 0) is 14.2 Å². The van der Waals surface area contributed by atoms with E-state index in [4.69, 9.17) is 23.7 Å². The standard InChI is InChI=1S/C19H28O10/c1-8-12(20)14(22)16(24)18(26-8)29-17-15(23)13(21)9(2)27-19(17)28-11-6-4-10(25-3)5-7-11/h4-9,12-24H,1-3H3/t8-,9-,12-,13-,14+,15+,16+,17+,18-,19-/m0/s1. The first-order chi connectivity index (χ1) is 13.7. The second-order valence-corrected chi connectivity index (χ2v) is 7.27. The molecule has 2 saturated heterocycles. The maximum Gasteiger partial charge on any atom is 0.229 e. The smallest absolute Gasteiger partial charge is 0.229 e. The van der Waals surface area contributed by atoms with Gasteiger partial charge in [-0.1, -0.05) is 0 Å². The molecular formula is C19H28O10. The van der Waals surface area contributed by atoms with E-state index in [1.54, 1.807) is 31.2 Å². The van der Waals surface area contributed by atoms with Crippen LogP contribution < -0.4 is 9.47 Å². The highest BCUT2D eigenvalue weighted by molar-refractivity contribution is 5.31. The van der Waals surface area contributed by atoms with Crippen molar-refractivity contribution in [1.82, 2.24) is 0 Å². The van der Waals surface area contributed by atoms with Crippen LogP contribution in [0.3, 0.4) is 0 Å². The van der Waals surface area contributed by atoms with E-state index in [2.05, 4.69) is 0 Å². The molecule has 2 heterocycles. The van der Waals surface area contributed by atoms with Gasteiger partial charge in [-0.05, 0) is 38.1 Å². The summed E-state index contributed by atoms with van der Waals surface area (Å²) in [6, 6.07) is 6.62. The highest BCUT2D eigenvalue weighted by atomic mass is 16.8. The van der Waals surface area contributed by atoms with Crippen molar-refractivity contribution >= 4 is 0 Å². The van der Waals surface area contributed by atoms with Crippen molar-refractivity contribution in [3.8, 4) is 11.5 Å². The van der Waals surface area contributed by atoms with Gasteiger partial charge in [0.15, 0.2) is 12.4 Å². The Bertz CT molecular complexity index is 655. The van der Waals surface area contributed by atoms with Gasteiger partial charge in [0.25, 0.3) is 0 Å². The van der Waals surface area contributed by atoms with Crippen molar-refractivity contribution < 1.29 is 49.2 Å². The molecule has 1 aromatic carbocycles. The molecule has 1 aromatic rings. The largest absolute Gasteiger partial charge is 0.497 e. The lowest BCUT2D eigenvalue weighted by molar-refractivity contribution is -0.352. The highest BCUT2D eigenvalue weighted by Crippen LogP contribution is 2.30. The maximum atomic E-state index is 10.5. The minimum atomic E-state index is -1.58. The van der Waals surface area contributed by atoms with Crippen LogP contribution in [0.4, 0.5) is 0 Å². The summed E-state index contributed by atoms with van der Waals surface area (Å²) < 4.78 is 27.6. The van der Waals surface area contributed by atoms with Gasteiger partial charge < -0.3 is 49.2 Å². The normalized spacial score (nSPS) is 43.0. The zero-order chi connectivity index (χ0) is 21.3. The van der Waals surface area contributed by atoms with Gasteiger partial charge in [-0.3, -0.25) is 0 Å². The molecule has 0 unspecified atom stereocenters. The van der Waals surface area contributed by atoms with Crippen LogP contribution in [0.5, 0.6) is 11.5 Å². The molecule has 0 radical (unpaired) electrons. The predicted octanol–water partition coefficient (Wildman–Crippen LogP) is -1.25. The molecule has 0 aliphatic carbocycles. The van der Waals surface area contributed by atoms with Crippen LogP contribution in [0.25, 0.3) is 0 Å². The molecule has 10 heteroatoms. The van der Waals surface area contributed by atoms with Crippen LogP contribution in [0.1, 0.15) is 13.8 Å². The Morgan fingerprint density at radius 3 is 1.79 bits per heavy atom. The quantitative estimate of drug-likeness (QED) is 0.394. The van der Waals surface area contributed by atoms with Crippen molar-refractivity contribution in [2.45, 2.75) is 75.3 Å². The van der Waals surface area contributed by atoms with Gasteiger partial charge >= 0.3 is 0 Å². The average Bonchev–Trinajstić information content (AvgIpc) is 2.71. The van der Waals surface area contributed by atoms with Gasteiger partial charge in [0, 0.05) is 0 Å². The molecule has 10 nitrogen and oxygen atoms in total. The Balaban J connectivity index is 1.77. The fourth-order valence-corrected chi connectivity index (χ4v) is 3.31. The van der Waals surface area contributed by atoms with Crippen molar-refractivity contribution in [2.75, 3.05) is 7.11 Å². The molecule has 2 fully saturated rings. The minimum absolute atomic E-state index is 0.397. The molecule has 0 amide bonds. The summed E-state index contributed by atoms with van der Waals surface area (Å²) in [6.45, 7) is 3.08. The lowest BCUT2D eigenvalue weighted by Gasteiger charge is -2.45. The number of ether oxygens (including phenoxy) is 5. The first-order valence-electron chi connectivity index (χ1n) is 9.40. The van der Waals surface area contributed by atoms with Crippen molar-refractivity contribution in [1.29, 1.82) is 0 Å². The summed E-state index contributed by atoms with van der Waals surface area (Å²) in [7, 11) is 1.53. The van der Waals surface area contributed by atoms with E-state index in [9.17, 15) is 25.5 Å². The number of hydrogen-bond donors (Lipinski definition) is 5. The van der Waals surface area contributed by atoms with Crippen molar-refractivity contribution in [3.63, 3.8) is 0 Å². The molecular weight excluding hydrogens is 388 g/mol. The molecule has 0 saturated carbocycles. The third-order valence-electron chi connectivity index (χ3n) is 5.20. The van der Waals surface area contributed by atoms with Crippen LogP contribution in [0.15, 0.2) is 24.3 Å². The average molecular weight is 416 g/mol. The van der Waals surface area contributed by atoms with E-state index in [1.165, 1.54) is 14.0 Å². The number of aliphatic hydroxyl groups excluding tert-OH is 5. The molecule has 10 atom stereocenters. The Labute approximate surface area is 168 Å². The predicted molar refractivity (Wildman–Crippen MR) is 97.2 cm³/mol. The number of benzene rings is 1. The summed E-state index contributed by atoms with van der Waals surface area (Å²) in [5.74, 6) is 1.02. The molecule has 2 aliphatic heterocycles. The zero-order valence-corrected chi connectivity index (χ0v) is 16.4. The van der Waals surface area contributed by atoms with Crippen molar-refractivity contribution in [3.05, 3.63) is 24.3 Å². The first kappa shape index (κ1) is 22.2. The third kappa shape index (κ3) is 4.65. The van der Waals surface area contributed by atoms with E-state index in [0.29, 0.717) is 11.5 Å². The summed E-state index contributed by atoms with van der Waals surface area (Å²) in [4.78, 5) is 0. The summed E-state index contributed by atoms with van der Waals surface area (Å²) in [5, 5.41) is 50.7. The number of hydrogen-bond acceptors (Lipinski definition) is 10. The second-order valence-electron chi connectivity index (χ2n) is 7.27. The van der Waals surface area contributed by atoms with Crippen molar-refractivity contribution in [2.24, 2.45) is 0 Å². The first-order valence-corrected chi connectivity index (χ1v) is 9.40. The molecule has 0 aromatic heterocycles. The molecule has 29 heavy (non-hydrogen) atoms. The van der Waals surface area contributed by atoms with Gasteiger partial charge in [0.1, 0.15) is 42.0 Å². The van der Waals surface area contributed by atoms with Gasteiger partial charge in [0.05, 0.1) is 19.3 Å². The Kier molecular flexibility index (Phi) is 6.97. The fourth-order valence-electron chi connectivity index (χ4n) is 3.31. The van der Waals surface area contributed by atoms with E-state index >= 15 is 0 Å². The van der Waals surface area contributed by atoms with Crippen LogP contribution in [-0.4, -0.2) is 94.1 Å². The van der Waals surface area contributed by atoms with Crippen LogP contribution >= 0.6 is 0 Å². The molecule has 0 spiro atoms. The van der Waals surface area contributed by atoms with E-state index < -0.39 is 61.4 Å². The van der Waals surface area contributed by atoms with Gasteiger partial charge in [-0.2, -0.15) is 0 Å². The molecule has 2 aliphatic rings. The van der Waals surface area contributed by atoms with E-state index in [-0.39, 0.29) is 0 Å². The minimum Gasteiger partial charge on any atom is -0.497 e. The lowest BCUT2D eigenvalue weighted by atomic mass is 9.98. The molecule has 0 bridgehead atoms. The molecule has 164 valence electrons. The topological polar surface area (TPSA) is 147 Å². The van der Waals surface area contributed by atoms with Gasteiger partial charge in [-0.25, -0.2) is 0 Å². The summed E-state index contributed by atoms with van der Waals surface area (Å²) in [6.07, 6.45) is -12.4. The second kappa shape index (κ2) is 9.11. The van der Waals surface area contributed by atoms with Gasteiger partial charge in [-0.15, -0.1) is 0 Å². The lowest BCUT2D eigenvalue weighted by Crippen LogP contribution is -2.63. The number of methoxy groups -OCH3 is 1. The molecule has 5 N–H and O–H groups in total. The Morgan fingerprint density at radius 1 is 0.690 bits per heavy atom. The Hall–Kier alpha value is -1.50. The maximum absolute atomic E-state index is 10.5. The highest BCUT2D eigenvalue weighted by Gasteiger charge is 2.50. The zero-order valence-electron chi connectivity index (χ0n) is 16.4. The van der Waals surface area contributed by atoms with E-state index in [0.717, 1.165) is 0 Å². The summed E-state index contributed by atoms with van der Waals surface area (Å²) in [5.41, 5.74) is 0. The monoisotopic (exact) mass is 416 g/mol. The van der Waals surface area contributed by atoms with Gasteiger partial charge in [0.2, 0.25) is 6.29 Å².